The van der Waals surface area contributed by atoms with Crippen LogP contribution in [0.15, 0.2) is 24.8 Å². The van der Waals surface area contributed by atoms with Crippen LogP contribution in [0.3, 0.4) is 0 Å². The van der Waals surface area contributed by atoms with Gasteiger partial charge < -0.3 is 5.73 Å². The van der Waals surface area contributed by atoms with Gasteiger partial charge in [-0.15, -0.1) is 0 Å². The number of rotatable bonds is 1. The molecule has 1 nitrogen and oxygen atoms in total. The number of anilines is 1. The standard InChI is InChI=1S/C12H17N/c1-5-9-8-10(12(2,3)4)6-7-11(9)13/h5-8H,1,13H2,2-4H3. The second-order valence-electron chi connectivity index (χ2n) is 4.30. The average molecular weight is 175 g/mol. The zero-order valence-electron chi connectivity index (χ0n) is 8.59. The molecule has 0 atom stereocenters. The van der Waals surface area contributed by atoms with Gasteiger partial charge in [0.1, 0.15) is 0 Å². The van der Waals surface area contributed by atoms with Gasteiger partial charge in [-0.1, -0.05) is 39.5 Å². The molecule has 0 aliphatic heterocycles. The van der Waals surface area contributed by atoms with Crippen LogP contribution in [-0.2, 0) is 5.41 Å². The highest BCUT2D eigenvalue weighted by atomic mass is 14.6. The molecule has 0 aliphatic rings. The smallest absolute Gasteiger partial charge is 0.0387 e. The van der Waals surface area contributed by atoms with E-state index < -0.39 is 0 Å². The molecule has 0 unspecified atom stereocenters. The highest BCUT2D eigenvalue weighted by molar-refractivity contribution is 5.64. The molecule has 0 radical (unpaired) electrons. The van der Waals surface area contributed by atoms with Gasteiger partial charge in [-0.3, -0.25) is 0 Å². The molecular weight excluding hydrogens is 158 g/mol. The summed E-state index contributed by atoms with van der Waals surface area (Å²) in [6, 6.07) is 6.11. The molecule has 0 bridgehead atoms. The van der Waals surface area contributed by atoms with E-state index >= 15 is 0 Å². The molecule has 0 spiro atoms. The predicted octanol–water partition coefficient (Wildman–Crippen LogP) is 3.21. The fourth-order valence-corrected chi connectivity index (χ4v) is 1.22. The van der Waals surface area contributed by atoms with Gasteiger partial charge in [-0.2, -0.15) is 0 Å². The van der Waals surface area contributed by atoms with Gasteiger partial charge in [0.05, 0.1) is 0 Å². The number of nitrogen functional groups attached to an aromatic ring is 1. The molecule has 2 N–H and O–H groups in total. The second kappa shape index (κ2) is 3.25. The van der Waals surface area contributed by atoms with Gasteiger partial charge in [0.25, 0.3) is 0 Å². The molecule has 1 aromatic rings. The third kappa shape index (κ3) is 2.11. The number of hydrogen-bond acceptors (Lipinski definition) is 1. The average Bonchev–Trinajstić information content (AvgIpc) is 2.03. The van der Waals surface area contributed by atoms with Crippen LogP contribution in [-0.4, -0.2) is 0 Å². The fourth-order valence-electron chi connectivity index (χ4n) is 1.22. The van der Waals surface area contributed by atoms with Gasteiger partial charge in [0.2, 0.25) is 0 Å². The van der Waals surface area contributed by atoms with Gasteiger partial charge in [-0.25, -0.2) is 0 Å². The summed E-state index contributed by atoms with van der Waals surface area (Å²) in [7, 11) is 0. The van der Waals surface area contributed by atoms with E-state index in [0.29, 0.717) is 0 Å². The molecule has 1 aromatic carbocycles. The van der Waals surface area contributed by atoms with E-state index in [1.54, 1.807) is 6.08 Å². The molecule has 0 fully saturated rings. The first-order chi connectivity index (χ1) is 5.95. The van der Waals surface area contributed by atoms with Crippen LogP contribution in [0.5, 0.6) is 0 Å². The Morgan fingerprint density at radius 1 is 1.31 bits per heavy atom. The Balaban J connectivity index is 3.21. The van der Waals surface area contributed by atoms with Gasteiger partial charge in [0, 0.05) is 5.69 Å². The van der Waals surface area contributed by atoms with Gasteiger partial charge in [-0.05, 0) is 28.7 Å². The molecule has 0 aromatic heterocycles. The lowest BCUT2D eigenvalue weighted by Gasteiger charge is -2.19. The molecule has 13 heavy (non-hydrogen) atoms. The van der Waals surface area contributed by atoms with Crippen molar-refractivity contribution < 1.29 is 0 Å². The maximum atomic E-state index is 5.77. The third-order valence-electron chi connectivity index (χ3n) is 2.17. The van der Waals surface area contributed by atoms with E-state index in [1.807, 2.05) is 6.07 Å². The molecule has 0 aliphatic carbocycles. The van der Waals surface area contributed by atoms with Crippen LogP contribution in [0.4, 0.5) is 5.69 Å². The van der Waals surface area contributed by atoms with E-state index in [2.05, 4.69) is 39.5 Å². The molecule has 0 saturated heterocycles. The topological polar surface area (TPSA) is 26.0 Å². The van der Waals surface area contributed by atoms with Gasteiger partial charge >= 0.3 is 0 Å². The van der Waals surface area contributed by atoms with Crippen molar-refractivity contribution in [1.82, 2.24) is 0 Å². The summed E-state index contributed by atoms with van der Waals surface area (Å²) < 4.78 is 0. The van der Waals surface area contributed by atoms with Gasteiger partial charge in [0.15, 0.2) is 0 Å². The minimum atomic E-state index is 0.172. The Kier molecular flexibility index (Phi) is 2.46. The van der Waals surface area contributed by atoms with E-state index in [-0.39, 0.29) is 5.41 Å². The normalized spacial score (nSPS) is 11.3. The molecule has 0 heterocycles. The zero-order valence-corrected chi connectivity index (χ0v) is 8.59. The summed E-state index contributed by atoms with van der Waals surface area (Å²) in [4.78, 5) is 0. The summed E-state index contributed by atoms with van der Waals surface area (Å²) in [5.41, 5.74) is 9.05. The quantitative estimate of drug-likeness (QED) is 0.652. The van der Waals surface area contributed by atoms with E-state index in [0.717, 1.165) is 11.3 Å². The second-order valence-corrected chi connectivity index (χ2v) is 4.30. The lowest BCUT2D eigenvalue weighted by atomic mass is 9.86. The Bertz CT molecular complexity index is 318. The largest absolute Gasteiger partial charge is 0.398 e. The van der Waals surface area contributed by atoms with Crippen molar-refractivity contribution in [2.45, 2.75) is 26.2 Å². The van der Waals surface area contributed by atoms with Crippen molar-refractivity contribution in [2.75, 3.05) is 5.73 Å². The molecule has 1 rings (SSSR count). The predicted molar refractivity (Wildman–Crippen MR) is 59.6 cm³/mol. The Hall–Kier alpha value is -1.24. The molecule has 0 saturated carbocycles. The molecule has 1 heteroatoms. The lowest BCUT2D eigenvalue weighted by molar-refractivity contribution is 0.590. The van der Waals surface area contributed by atoms with Crippen molar-refractivity contribution in [3.05, 3.63) is 35.9 Å². The number of benzene rings is 1. The Morgan fingerprint density at radius 2 is 1.92 bits per heavy atom. The number of hydrogen-bond donors (Lipinski definition) is 1. The summed E-state index contributed by atoms with van der Waals surface area (Å²) in [5, 5.41) is 0. The summed E-state index contributed by atoms with van der Waals surface area (Å²) in [6.07, 6.45) is 1.80. The van der Waals surface area contributed by atoms with Crippen LogP contribution in [0.25, 0.3) is 6.08 Å². The monoisotopic (exact) mass is 175 g/mol. The zero-order chi connectivity index (χ0) is 10.1. The van der Waals surface area contributed by atoms with E-state index in [1.165, 1.54) is 5.56 Å². The van der Waals surface area contributed by atoms with Crippen LogP contribution < -0.4 is 5.73 Å². The van der Waals surface area contributed by atoms with Crippen LogP contribution >= 0.6 is 0 Å². The molecule has 0 amide bonds. The Morgan fingerprint density at radius 3 is 2.38 bits per heavy atom. The minimum absolute atomic E-state index is 0.172. The van der Waals surface area contributed by atoms with E-state index in [4.69, 9.17) is 5.73 Å². The van der Waals surface area contributed by atoms with Crippen molar-refractivity contribution in [2.24, 2.45) is 0 Å². The van der Waals surface area contributed by atoms with Crippen molar-refractivity contribution in [3.8, 4) is 0 Å². The summed E-state index contributed by atoms with van der Waals surface area (Å²) in [5.74, 6) is 0. The highest BCUT2D eigenvalue weighted by Gasteiger charge is 2.13. The summed E-state index contributed by atoms with van der Waals surface area (Å²) in [6.45, 7) is 10.3. The van der Waals surface area contributed by atoms with E-state index in [9.17, 15) is 0 Å². The Labute approximate surface area is 80.3 Å². The minimum Gasteiger partial charge on any atom is -0.398 e. The highest BCUT2D eigenvalue weighted by Crippen LogP contribution is 2.25. The van der Waals surface area contributed by atoms with Crippen molar-refractivity contribution in [1.29, 1.82) is 0 Å². The molecular formula is C12H17N. The number of nitrogens with two attached hydrogens (primary N) is 1. The van der Waals surface area contributed by atoms with Crippen LogP contribution in [0, 0.1) is 0 Å². The van der Waals surface area contributed by atoms with Crippen LogP contribution in [0.1, 0.15) is 31.9 Å². The fraction of sp³-hybridized carbons (Fsp3) is 0.333. The summed E-state index contributed by atoms with van der Waals surface area (Å²) >= 11 is 0. The first-order valence-corrected chi connectivity index (χ1v) is 4.47. The van der Waals surface area contributed by atoms with Crippen molar-refractivity contribution in [3.63, 3.8) is 0 Å². The maximum Gasteiger partial charge on any atom is 0.0387 e. The first kappa shape index (κ1) is 9.85. The molecule has 70 valence electrons. The van der Waals surface area contributed by atoms with Crippen LogP contribution in [0.2, 0.25) is 0 Å². The first-order valence-electron chi connectivity index (χ1n) is 4.47. The third-order valence-corrected chi connectivity index (χ3v) is 2.17. The van der Waals surface area contributed by atoms with Crippen molar-refractivity contribution >= 4 is 11.8 Å². The maximum absolute atomic E-state index is 5.77. The lowest BCUT2D eigenvalue weighted by Crippen LogP contribution is -2.11. The SMILES string of the molecule is C=Cc1cc(C(C)(C)C)ccc1N.